The van der Waals surface area contributed by atoms with Gasteiger partial charge in [-0.15, -0.1) is 10.2 Å². The molecule has 2 heterocycles. The molecule has 0 saturated carbocycles. The number of likely N-dealkylation sites (N-methyl/N-ethyl adjacent to an activating group) is 1. The summed E-state index contributed by atoms with van der Waals surface area (Å²) in [5.41, 5.74) is 2.53. The molecular weight excluding hydrogens is 352 g/mol. The van der Waals surface area contributed by atoms with Crippen LogP contribution >= 0.6 is 0 Å². The Kier molecular flexibility index (Phi) is 6.81. The van der Waals surface area contributed by atoms with E-state index in [2.05, 4.69) is 56.9 Å². The van der Waals surface area contributed by atoms with Crippen molar-refractivity contribution in [3.8, 4) is 0 Å². The number of hydrogen-bond donors (Lipinski definition) is 2. The third-order valence-electron chi connectivity index (χ3n) is 5.03. The summed E-state index contributed by atoms with van der Waals surface area (Å²) in [6.07, 6.45) is 2.51. The first-order valence-electron chi connectivity index (χ1n) is 9.90. The highest BCUT2D eigenvalue weighted by atomic mass is 16.1. The molecule has 7 heteroatoms. The van der Waals surface area contributed by atoms with Gasteiger partial charge in [0.2, 0.25) is 0 Å². The molecular formula is C21H30N6O. The molecule has 1 aromatic heterocycles. The Morgan fingerprint density at radius 3 is 2.43 bits per heavy atom. The van der Waals surface area contributed by atoms with E-state index in [-0.39, 0.29) is 5.91 Å². The van der Waals surface area contributed by atoms with Crippen LogP contribution in [-0.2, 0) is 0 Å². The standard InChI is InChI=1S/C21H30N6O/c1-16-10-13-27(14-11-16)18-6-4-17(5-7-18)23-20-9-8-19(24-25-20)21(28)22-12-15-26(2)3/h4-9,16H,10-15H2,1-3H3,(H,22,28)(H,23,25). The molecule has 1 aromatic carbocycles. The third-order valence-corrected chi connectivity index (χ3v) is 5.03. The number of carbonyl (C=O) groups excluding carboxylic acids is 1. The lowest BCUT2D eigenvalue weighted by Gasteiger charge is -2.32. The van der Waals surface area contributed by atoms with Gasteiger partial charge in [-0.25, -0.2) is 0 Å². The summed E-state index contributed by atoms with van der Waals surface area (Å²) < 4.78 is 0. The molecule has 1 fully saturated rings. The maximum absolute atomic E-state index is 12.0. The number of nitrogens with one attached hydrogen (secondary N) is 2. The fourth-order valence-electron chi connectivity index (χ4n) is 3.17. The van der Waals surface area contributed by atoms with Gasteiger partial charge in [0.1, 0.15) is 0 Å². The highest BCUT2D eigenvalue weighted by Crippen LogP contribution is 2.25. The van der Waals surface area contributed by atoms with Crippen LogP contribution in [0.3, 0.4) is 0 Å². The SMILES string of the molecule is CC1CCN(c2ccc(Nc3ccc(C(=O)NCCN(C)C)nn3)cc2)CC1. The van der Waals surface area contributed by atoms with E-state index in [1.165, 1.54) is 18.5 Å². The van der Waals surface area contributed by atoms with Crippen LogP contribution in [0.4, 0.5) is 17.2 Å². The number of benzene rings is 1. The van der Waals surface area contributed by atoms with Crippen molar-refractivity contribution in [1.29, 1.82) is 0 Å². The Hall–Kier alpha value is -2.67. The highest BCUT2D eigenvalue weighted by molar-refractivity contribution is 5.92. The van der Waals surface area contributed by atoms with Gasteiger partial charge in [-0.2, -0.15) is 0 Å². The van der Waals surface area contributed by atoms with E-state index in [1.807, 2.05) is 19.0 Å². The average Bonchev–Trinajstić information content (AvgIpc) is 2.69. The second-order valence-corrected chi connectivity index (χ2v) is 7.70. The molecule has 0 spiro atoms. The van der Waals surface area contributed by atoms with Gasteiger partial charge in [0.15, 0.2) is 11.5 Å². The minimum absolute atomic E-state index is 0.207. The topological polar surface area (TPSA) is 73.4 Å². The van der Waals surface area contributed by atoms with Crippen LogP contribution in [-0.4, -0.2) is 61.3 Å². The Balaban J connectivity index is 1.53. The Morgan fingerprint density at radius 2 is 1.82 bits per heavy atom. The van der Waals surface area contributed by atoms with Gasteiger partial charge in [-0.1, -0.05) is 6.92 Å². The van der Waals surface area contributed by atoms with Crippen LogP contribution in [0.5, 0.6) is 0 Å². The first-order valence-corrected chi connectivity index (χ1v) is 9.90. The number of nitrogens with zero attached hydrogens (tertiary/aromatic N) is 4. The Morgan fingerprint density at radius 1 is 1.11 bits per heavy atom. The van der Waals surface area contributed by atoms with E-state index in [9.17, 15) is 4.79 Å². The zero-order valence-electron chi connectivity index (χ0n) is 17.0. The summed E-state index contributed by atoms with van der Waals surface area (Å²) in [5.74, 6) is 1.24. The summed E-state index contributed by atoms with van der Waals surface area (Å²) in [6.45, 7) is 5.93. The summed E-state index contributed by atoms with van der Waals surface area (Å²) in [4.78, 5) is 16.5. The molecule has 1 saturated heterocycles. The molecule has 3 rings (SSSR count). The predicted octanol–water partition coefficient (Wildman–Crippen LogP) is 2.75. The predicted molar refractivity (Wildman–Crippen MR) is 113 cm³/mol. The van der Waals surface area contributed by atoms with Crippen LogP contribution in [0.1, 0.15) is 30.3 Å². The van der Waals surface area contributed by atoms with Gasteiger partial charge in [0.05, 0.1) is 0 Å². The monoisotopic (exact) mass is 382 g/mol. The molecule has 0 radical (unpaired) electrons. The lowest BCUT2D eigenvalue weighted by Crippen LogP contribution is -2.32. The minimum Gasteiger partial charge on any atom is -0.372 e. The Labute approximate surface area is 167 Å². The van der Waals surface area contributed by atoms with Crippen molar-refractivity contribution in [1.82, 2.24) is 20.4 Å². The maximum Gasteiger partial charge on any atom is 0.271 e. The number of rotatable bonds is 7. The maximum atomic E-state index is 12.0. The second-order valence-electron chi connectivity index (χ2n) is 7.70. The van der Waals surface area contributed by atoms with Gasteiger partial charge >= 0.3 is 0 Å². The average molecular weight is 383 g/mol. The van der Waals surface area contributed by atoms with E-state index >= 15 is 0 Å². The van der Waals surface area contributed by atoms with E-state index in [1.54, 1.807) is 12.1 Å². The first kappa shape index (κ1) is 20.1. The molecule has 0 aliphatic carbocycles. The molecule has 1 aliphatic heterocycles. The quantitative estimate of drug-likeness (QED) is 0.767. The van der Waals surface area contributed by atoms with Crippen molar-refractivity contribution in [2.45, 2.75) is 19.8 Å². The zero-order valence-corrected chi connectivity index (χ0v) is 17.0. The number of anilines is 3. The molecule has 0 atom stereocenters. The number of piperidine rings is 1. The van der Waals surface area contributed by atoms with Crippen LogP contribution < -0.4 is 15.5 Å². The minimum atomic E-state index is -0.207. The van der Waals surface area contributed by atoms with E-state index in [4.69, 9.17) is 0 Å². The van der Waals surface area contributed by atoms with E-state index in [0.717, 1.165) is 31.2 Å². The Bertz CT molecular complexity index is 751. The van der Waals surface area contributed by atoms with Crippen LogP contribution in [0.25, 0.3) is 0 Å². The van der Waals surface area contributed by atoms with Gasteiger partial charge in [-0.3, -0.25) is 4.79 Å². The summed E-state index contributed by atoms with van der Waals surface area (Å²) >= 11 is 0. The number of aromatic nitrogens is 2. The smallest absolute Gasteiger partial charge is 0.271 e. The van der Waals surface area contributed by atoms with E-state index < -0.39 is 0 Å². The number of carbonyl (C=O) groups is 1. The highest BCUT2D eigenvalue weighted by Gasteiger charge is 2.15. The summed E-state index contributed by atoms with van der Waals surface area (Å²) in [6, 6.07) is 11.8. The molecule has 2 aromatic rings. The molecule has 0 bridgehead atoms. The van der Waals surface area contributed by atoms with Crippen molar-refractivity contribution in [3.63, 3.8) is 0 Å². The van der Waals surface area contributed by atoms with Crippen molar-refractivity contribution in [2.75, 3.05) is 50.5 Å². The molecule has 150 valence electrons. The van der Waals surface area contributed by atoms with Crippen molar-refractivity contribution >= 4 is 23.1 Å². The van der Waals surface area contributed by atoms with Gasteiger partial charge in [-0.05, 0) is 69.3 Å². The van der Waals surface area contributed by atoms with Gasteiger partial charge in [0.25, 0.3) is 5.91 Å². The third kappa shape index (κ3) is 5.66. The molecule has 0 unspecified atom stereocenters. The molecule has 2 N–H and O–H groups in total. The number of hydrogen-bond acceptors (Lipinski definition) is 6. The molecule has 7 nitrogen and oxygen atoms in total. The molecule has 1 amide bonds. The van der Waals surface area contributed by atoms with Gasteiger partial charge < -0.3 is 20.4 Å². The molecule has 1 aliphatic rings. The normalized spacial score (nSPS) is 14.9. The lowest BCUT2D eigenvalue weighted by atomic mass is 9.99. The second kappa shape index (κ2) is 9.50. The zero-order chi connectivity index (χ0) is 19.9. The van der Waals surface area contributed by atoms with Crippen LogP contribution in [0.2, 0.25) is 0 Å². The largest absolute Gasteiger partial charge is 0.372 e. The van der Waals surface area contributed by atoms with Crippen LogP contribution in [0.15, 0.2) is 36.4 Å². The van der Waals surface area contributed by atoms with Crippen molar-refractivity contribution < 1.29 is 4.79 Å². The molecule has 28 heavy (non-hydrogen) atoms. The van der Waals surface area contributed by atoms with Crippen molar-refractivity contribution in [2.24, 2.45) is 5.92 Å². The fraction of sp³-hybridized carbons (Fsp3) is 0.476. The summed E-state index contributed by atoms with van der Waals surface area (Å²) in [5, 5.41) is 14.2. The van der Waals surface area contributed by atoms with Gasteiger partial charge in [0, 0.05) is 37.6 Å². The lowest BCUT2D eigenvalue weighted by molar-refractivity contribution is 0.0945. The van der Waals surface area contributed by atoms with Crippen molar-refractivity contribution in [3.05, 3.63) is 42.1 Å². The first-order chi connectivity index (χ1) is 13.5. The van der Waals surface area contributed by atoms with E-state index in [0.29, 0.717) is 18.1 Å². The summed E-state index contributed by atoms with van der Waals surface area (Å²) in [7, 11) is 3.93. The van der Waals surface area contributed by atoms with Crippen LogP contribution in [0, 0.1) is 5.92 Å². The fourth-order valence-corrected chi connectivity index (χ4v) is 3.17. The number of amides is 1.